The topological polar surface area (TPSA) is 86.1 Å². The summed E-state index contributed by atoms with van der Waals surface area (Å²) in [5, 5.41) is 11.4. The van der Waals surface area contributed by atoms with Crippen LogP contribution < -0.4 is 0 Å². The Morgan fingerprint density at radius 2 is 1.24 bits per heavy atom. The molecule has 0 atom stereocenters. The van der Waals surface area contributed by atoms with Crippen molar-refractivity contribution in [3.8, 4) is 0 Å². The Labute approximate surface area is 195 Å². The molecular weight excluding hydrogens is 511 g/mol. The van der Waals surface area contributed by atoms with E-state index in [0.717, 1.165) is 43.2 Å². The van der Waals surface area contributed by atoms with E-state index in [4.69, 9.17) is 23.2 Å². The van der Waals surface area contributed by atoms with Crippen molar-refractivity contribution in [1.82, 2.24) is 28.3 Å². The van der Waals surface area contributed by atoms with Gasteiger partial charge in [-0.25, -0.2) is 9.36 Å². The van der Waals surface area contributed by atoms with Gasteiger partial charge in [0.1, 0.15) is 0 Å². The molecule has 0 bridgehead atoms. The van der Waals surface area contributed by atoms with Crippen LogP contribution in [0.3, 0.4) is 0 Å². The Bertz CT molecular complexity index is 1170. The molecule has 0 radical (unpaired) electrons. The standard InChI is InChI=1S/C14H12Cl2N8S5/c1-5-7-9(25-21-13(7)23(3)17-5)11(15)19-27-29-28-20-12(16)10-8-6(2)18-24(4)14(8)22-26-10/h1-4H3/b19-11-,20-12-. The highest BCUT2D eigenvalue weighted by atomic mass is 35.5. The highest BCUT2D eigenvalue weighted by molar-refractivity contribution is 9.09. The lowest BCUT2D eigenvalue weighted by Gasteiger charge is -1.95. The van der Waals surface area contributed by atoms with Crippen molar-refractivity contribution in [3.05, 3.63) is 21.1 Å². The van der Waals surface area contributed by atoms with Gasteiger partial charge >= 0.3 is 0 Å². The zero-order valence-corrected chi connectivity index (χ0v) is 21.0. The number of rotatable bonds is 6. The third kappa shape index (κ3) is 4.05. The number of nitrogens with zero attached hydrogens (tertiary/aromatic N) is 8. The lowest BCUT2D eigenvalue weighted by atomic mass is 10.3. The minimum absolute atomic E-state index is 0.386. The second kappa shape index (κ2) is 8.73. The first-order valence-corrected chi connectivity index (χ1v) is 13.6. The first-order chi connectivity index (χ1) is 13.9. The number of fused-ring (bicyclic) bond motifs is 2. The van der Waals surface area contributed by atoms with E-state index in [0.29, 0.717) is 10.3 Å². The molecule has 0 N–H and O–H groups in total. The van der Waals surface area contributed by atoms with Crippen LogP contribution in [-0.2, 0) is 14.1 Å². The number of aromatic nitrogens is 6. The lowest BCUT2D eigenvalue weighted by molar-refractivity contribution is 0.776. The summed E-state index contributed by atoms with van der Waals surface area (Å²) in [5.41, 5.74) is 3.37. The summed E-state index contributed by atoms with van der Waals surface area (Å²) >= 11 is 15.4. The molecule has 0 aromatic carbocycles. The van der Waals surface area contributed by atoms with Crippen molar-refractivity contribution >= 4 is 110 Å². The van der Waals surface area contributed by atoms with E-state index in [1.165, 1.54) is 54.9 Å². The summed E-state index contributed by atoms with van der Waals surface area (Å²) in [6.07, 6.45) is 0. The Morgan fingerprint density at radius 1 is 0.828 bits per heavy atom. The van der Waals surface area contributed by atoms with Crippen molar-refractivity contribution in [2.75, 3.05) is 0 Å². The van der Waals surface area contributed by atoms with Crippen molar-refractivity contribution in [2.45, 2.75) is 13.8 Å². The SMILES string of the molecule is Cc1nn(C)c2nsc(/C(Cl)=N/SSS/N=C(\Cl)c3snc4c3c(C)nn4C)c12. The molecule has 4 rings (SSSR count). The molecule has 0 saturated carbocycles. The van der Waals surface area contributed by atoms with Crippen LogP contribution in [0.25, 0.3) is 22.1 Å². The highest BCUT2D eigenvalue weighted by Crippen LogP contribution is 2.39. The number of aryl methyl sites for hydroxylation is 4. The molecule has 0 amide bonds. The van der Waals surface area contributed by atoms with Gasteiger partial charge in [0.15, 0.2) is 21.6 Å². The minimum atomic E-state index is 0.386. The van der Waals surface area contributed by atoms with Crippen LogP contribution >= 0.6 is 78.1 Å². The van der Waals surface area contributed by atoms with Crippen LogP contribution in [-0.4, -0.2) is 38.6 Å². The van der Waals surface area contributed by atoms with Crippen molar-refractivity contribution in [2.24, 2.45) is 22.9 Å². The summed E-state index contributed by atoms with van der Waals surface area (Å²) in [6.45, 7) is 3.86. The van der Waals surface area contributed by atoms with Gasteiger partial charge in [-0.15, -0.1) is 0 Å². The molecule has 4 aromatic rings. The van der Waals surface area contributed by atoms with Crippen molar-refractivity contribution in [1.29, 1.82) is 0 Å². The molecule has 29 heavy (non-hydrogen) atoms. The zero-order valence-electron chi connectivity index (χ0n) is 15.4. The van der Waals surface area contributed by atoms with Crippen LogP contribution in [0.4, 0.5) is 0 Å². The van der Waals surface area contributed by atoms with E-state index in [-0.39, 0.29) is 0 Å². The summed E-state index contributed by atoms with van der Waals surface area (Å²) in [5.74, 6) is 0. The van der Waals surface area contributed by atoms with Gasteiger partial charge in [0.25, 0.3) is 0 Å². The van der Waals surface area contributed by atoms with Gasteiger partial charge in [0.2, 0.25) is 0 Å². The third-order valence-electron chi connectivity index (χ3n) is 3.96. The molecule has 0 aliphatic rings. The third-order valence-corrected chi connectivity index (χ3v) is 9.16. The summed E-state index contributed by atoms with van der Waals surface area (Å²) < 4.78 is 20.9. The first kappa shape index (κ1) is 21.4. The zero-order chi connectivity index (χ0) is 20.7. The molecule has 0 aliphatic carbocycles. The Kier molecular flexibility index (Phi) is 6.44. The number of hydrogen-bond donors (Lipinski definition) is 0. The van der Waals surface area contributed by atoms with Crippen molar-refractivity contribution < 1.29 is 0 Å². The molecule has 0 spiro atoms. The molecule has 152 valence electrons. The molecule has 0 unspecified atom stereocenters. The molecule has 0 saturated heterocycles. The second-order valence-electron chi connectivity index (χ2n) is 5.82. The fraction of sp³-hybridized carbons (Fsp3) is 0.286. The molecule has 4 aromatic heterocycles. The molecule has 4 heterocycles. The average molecular weight is 524 g/mol. The van der Waals surface area contributed by atoms with E-state index in [9.17, 15) is 0 Å². The summed E-state index contributed by atoms with van der Waals surface area (Å²) in [6, 6.07) is 0. The molecule has 0 aliphatic heterocycles. The quantitative estimate of drug-likeness (QED) is 0.142. The smallest absolute Gasteiger partial charge is 0.172 e. The number of halogens is 2. The Hall–Kier alpha value is -0.830. The lowest BCUT2D eigenvalue weighted by Crippen LogP contribution is -1.89. The molecular formula is C14H12Cl2N8S5. The van der Waals surface area contributed by atoms with E-state index in [2.05, 4.69) is 27.7 Å². The maximum atomic E-state index is 6.38. The molecule has 0 fully saturated rings. The van der Waals surface area contributed by atoms with Crippen LogP contribution in [0.1, 0.15) is 21.1 Å². The Morgan fingerprint density at radius 3 is 1.66 bits per heavy atom. The predicted molar refractivity (Wildman–Crippen MR) is 130 cm³/mol. The normalized spacial score (nSPS) is 13.3. The van der Waals surface area contributed by atoms with Crippen LogP contribution in [0.2, 0.25) is 0 Å². The summed E-state index contributed by atoms with van der Waals surface area (Å²) in [7, 11) is 7.51. The van der Waals surface area contributed by atoms with Crippen LogP contribution in [0.5, 0.6) is 0 Å². The van der Waals surface area contributed by atoms with Gasteiger partial charge in [-0.2, -0.15) is 27.7 Å². The maximum Gasteiger partial charge on any atom is 0.172 e. The van der Waals surface area contributed by atoms with E-state index in [1.807, 2.05) is 27.9 Å². The molecule has 15 heteroatoms. The fourth-order valence-electron chi connectivity index (χ4n) is 2.78. The Balaban J connectivity index is 1.41. The molecule has 8 nitrogen and oxygen atoms in total. The largest absolute Gasteiger partial charge is 0.249 e. The highest BCUT2D eigenvalue weighted by Gasteiger charge is 2.18. The van der Waals surface area contributed by atoms with Crippen molar-refractivity contribution in [3.63, 3.8) is 0 Å². The average Bonchev–Trinajstić information content (AvgIpc) is 3.41. The van der Waals surface area contributed by atoms with E-state index < -0.39 is 0 Å². The second-order valence-corrected chi connectivity index (χ2v) is 11.4. The van der Waals surface area contributed by atoms with Gasteiger partial charge in [-0.1, -0.05) is 23.2 Å². The van der Waals surface area contributed by atoms with Gasteiger partial charge < -0.3 is 0 Å². The van der Waals surface area contributed by atoms with E-state index >= 15 is 0 Å². The van der Waals surface area contributed by atoms with Gasteiger partial charge in [0, 0.05) is 23.9 Å². The van der Waals surface area contributed by atoms with E-state index in [1.54, 1.807) is 9.36 Å². The van der Waals surface area contributed by atoms with Gasteiger partial charge in [-0.05, 0) is 36.9 Å². The first-order valence-electron chi connectivity index (χ1n) is 7.93. The monoisotopic (exact) mass is 522 g/mol. The summed E-state index contributed by atoms with van der Waals surface area (Å²) in [4.78, 5) is 1.62. The number of hydrogen-bond acceptors (Lipinski definition) is 11. The minimum Gasteiger partial charge on any atom is -0.249 e. The van der Waals surface area contributed by atoms with Gasteiger partial charge in [0.05, 0.1) is 53.9 Å². The fourth-order valence-corrected chi connectivity index (χ4v) is 7.32. The van der Waals surface area contributed by atoms with Gasteiger partial charge in [-0.3, -0.25) is 0 Å². The van der Waals surface area contributed by atoms with Crippen LogP contribution in [0.15, 0.2) is 8.80 Å². The van der Waals surface area contributed by atoms with Crippen LogP contribution in [0, 0.1) is 13.8 Å². The predicted octanol–water partition coefficient (Wildman–Crippen LogP) is 5.52. The maximum absolute atomic E-state index is 6.38.